The van der Waals surface area contributed by atoms with Gasteiger partial charge in [-0.2, -0.15) is 5.10 Å². The lowest BCUT2D eigenvalue weighted by molar-refractivity contribution is -0.116. The minimum atomic E-state index is -0.118. The molecule has 5 nitrogen and oxygen atoms in total. The fraction of sp³-hybridized carbons (Fsp3) is 0.182. The van der Waals surface area contributed by atoms with Crippen LogP contribution in [0.3, 0.4) is 0 Å². The lowest BCUT2D eigenvalue weighted by atomic mass is 10.3. The van der Waals surface area contributed by atoms with Crippen LogP contribution in [0.2, 0.25) is 0 Å². The molecular formula is C11H12N4OS. The molecule has 17 heavy (non-hydrogen) atoms. The first kappa shape index (κ1) is 11.7. The summed E-state index contributed by atoms with van der Waals surface area (Å²) in [7, 11) is 0. The lowest BCUT2D eigenvalue weighted by Crippen LogP contribution is -2.18. The van der Waals surface area contributed by atoms with Gasteiger partial charge in [0, 0.05) is 10.6 Å². The highest BCUT2D eigenvalue weighted by Crippen LogP contribution is 2.17. The maximum absolute atomic E-state index is 11.6. The minimum absolute atomic E-state index is 0.118. The van der Waals surface area contributed by atoms with Crippen LogP contribution >= 0.6 is 11.8 Å². The summed E-state index contributed by atoms with van der Waals surface area (Å²) in [6.07, 6.45) is 4.93. The Morgan fingerprint density at radius 3 is 2.76 bits per heavy atom. The third-order valence-electron chi connectivity index (χ3n) is 2.15. The van der Waals surface area contributed by atoms with E-state index >= 15 is 0 Å². The molecule has 88 valence electrons. The van der Waals surface area contributed by atoms with Crippen molar-refractivity contribution >= 4 is 23.4 Å². The van der Waals surface area contributed by atoms with Gasteiger partial charge >= 0.3 is 0 Å². The Bertz CT molecular complexity index is 481. The molecule has 0 spiro atoms. The number of carbonyl (C=O) groups excluding carboxylic acids is 1. The second kappa shape index (κ2) is 5.49. The summed E-state index contributed by atoms with van der Waals surface area (Å²) in [5.74, 6) is -0.118. The number of rotatable bonds is 4. The zero-order valence-corrected chi connectivity index (χ0v) is 10.1. The Morgan fingerprint density at radius 1 is 1.41 bits per heavy atom. The molecule has 0 aliphatic rings. The van der Waals surface area contributed by atoms with Gasteiger partial charge in [0.25, 0.3) is 0 Å². The van der Waals surface area contributed by atoms with E-state index in [0.29, 0.717) is 0 Å². The van der Waals surface area contributed by atoms with E-state index in [4.69, 9.17) is 0 Å². The zero-order valence-electron chi connectivity index (χ0n) is 9.33. The Hall–Kier alpha value is -1.82. The second-order valence-electron chi connectivity index (χ2n) is 3.37. The Morgan fingerprint density at radius 2 is 2.18 bits per heavy atom. The standard InChI is InChI=1S/C11H12N4OS/c1-17-10-4-2-9(3-5-10)14-11(16)6-15-8-12-7-13-15/h2-5,7-8H,6H2,1H3,(H,14,16). The van der Waals surface area contributed by atoms with Gasteiger partial charge in [-0.05, 0) is 30.5 Å². The highest BCUT2D eigenvalue weighted by molar-refractivity contribution is 7.98. The quantitative estimate of drug-likeness (QED) is 0.836. The molecule has 0 saturated carbocycles. The van der Waals surface area contributed by atoms with E-state index in [2.05, 4.69) is 15.4 Å². The largest absolute Gasteiger partial charge is 0.324 e. The summed E-state index contributed by atoms with van der Waals surface area (Å²) in [6, 6.07) is 7.70. The van der Waals surface area contributed by atoms with Crippen LogP contribution in [0.1, 0.15) is 0 Å². The van der Waals surface area contributed by atoms with Crippen LogP contribution in [-0.4, -0.2) is 26.9 Å². The maximum Gasteiger partial charge on any atom is 0.246 e. The number of hydrogen-bond donors (Lipinski definition) is 1. The average Bonchev–Trinajstić information content (AvgIpc) is 2.82. The number of amides is 1. The molecule has 1 heterocycles. The fourth-order valence-corrected chi connectivity index (χ4v) is 1.74. The Kier molecular flexibility index (Phi) is 3.77. The first-order valence-corrected chi connectivity index (χ1v) is 6.27. The van der Waals surface area contributed by atoms with Gasteiger partial charge in [0.2, 0.25) is 5.91 Å². The van der Waals surface area contributed by atoms with Crippen LogP contribution in [-0.2, 0) is 11.3 Å². The van der Waals surface area contributed by atoms with E-state index in [0.717, 1.165) is 5.69 Å². The zero-order chi connectivity index (χ0) is 12.1. The molecule has 2 rings (SSSR count). The van der Waals surface area contributed by atoms with E-state index in [-0.39, 0.29) is 12.5 Å². The van der Waals surface area contributed by atoms with Crippen molar-refractivity contribution in [2.24, 2.45) is 0 Å². The molecule has 0 radical (unpaired) electrons. The SMILES string of the molecule is CSc1ccc(NC(=O)Cn2cncn2)cc1. The first-order chi connectivity index (χ1) is 8.28. The molecule has 1 aromatic carbocycles. The van der Waals surface area contributed by atoms with Crippen molar-refractivity contribution in [2.75, 3.05) is 11.6 Å². The van der Waals surface area contributed by atoms with Gasteiger partial charge < -0.3 is 5.32 Å². The predicted molar refractivity (Wildman–Crippen MR) is 66.9 cm³/mol. The fourth-order valence-electron chi connectivity index (χ4n) is 1.34. The lowest BCUT2D eigenvalue weighted by Gasteiger charge is -2.05. The molecule has 0 bridgehead atoms. The van der Waals surface area contributed by atoms with E-state index in [9.17, 15) is 4.79 Å². The molecule has 1 aromatic heterocycles. The minimum Gasteiger partial charge on any atom is -0.324 e. The normalized spacial score (nSPS) is 10.2. The Labute approximate surface area is 103 Å². The first-order valence-electron chi connectivity index (χ1n) is 5.04. The van der Waals surface area contributed by atoms with Gasteiger partial charge in [-0.1, -0.05) is 0 Å². The van der Waals surface area contributed by atoms with Crippen LogP contribution in [0.25, 0.3) is 0 Å². The van der Waals surface area contributed by atoms with E-state index < -0.39 is 0 Å². The summed E-state index contributed by atoms with van der Waals surface area (Å²) >= 11 is 1.67. The number of carbonyl (C=O) groups is 1. The molecule has 1 amide bonds. The van der Waals surface area contributed by atoms with Gasteiger partial charge in [0.15, 0.2) is 0 Å². The van der Waals surface area contributed by atoms with E-state index in [1.165, 1.54) is 22.2 Å². The van der Waals surface area contributed by atoms with Crippen LogP contribution in [0.15, 0.2) is 41.8 Å². The van der Waals surface area contributed by atoms with Gasteiger partial charge in [-0.15, -0.1) is 11.8 Å². The van der Waals surface area contributed by atoms with E-state index in [1.807, 2.05) is 30.5 Å². The molecule has 0 aliphatic carbocycles. The van der Waals surface area contributed by atoms with Crippen molar-refractivity contribution < 1.29 is 4.79 Å². The predicted octanol–water partition coefficient (Wildman–Crippen LogP) is 1.64. The molecule has 2 aromatic rings. The molecule has 1 N–H and O–H groups in total. The summed E-state index contributed by atoms with van der Waals surface area (Å²) in [6.45, 7) is 0.171. The van der Waals surface area contributed by atoms with Crippen LogP contribution in [0.4, 0.5) is 5.69 Å². The smallest absolute Gasteiger partial charge is 0.246 e. The molecule has 0 saturated heterocycles. The third-order valence-corrected chi connectivity index (χ3v) is 2.89. The number of nitrogens with zero attached hydrogens (tertiary/aromatic N) is 3. The summed E-state index contributed by atoms with van der Waals surface area (Å²) in [5.41, 5.74) is 0.785. The van der Waals surface area contributed by atoms with Crippen molar-refractivity contribution in [3.63, 3.8) is 0 Å². The van der Waals surface area contributed by atoms with Crippen molar-refractivity contribution in [3.05, 3.63) is 36.9 Å². The van der Waals surface area contributed by atoms with E-state index in [1.54, 1.807) is 11.8 Å². The Balaban J connectivity index is 1.93. The highest BCUT2D eigenvalue weighted by Gasteiger charge is 2.03. The molecule has 0 unspecified atom stereocenters. The maximum atomic E-state index is 11.6. The van der Waals surface area contributed by atoms with Crippen molar-refractivity contribution in [3.8, 4) is 0 Å². The topological polar surface area (TPSA) is 59.8 Å². The summed E-state index contributed by atoms with van der Waals surface area (Å²) < 4.78 is 1.48. The number of nitrogens with one attached hydrogen (secondary N) is 1. The van der Waals surface area contributed by atoms with Gasteiger partial charge in [-0.25, -0.2) is 9.67 Å². The van der Waals surface area contributed by atoms with Crippen molar-refractivity contribution in [1.82, 2.24) is 14.8 Å². The monoisotopic (exact) mass is 248 g/mol. The number of benzene rings is 1. The van der Waals surface area contributed by atoms with Crippen LogP contribution in [0.5, 0.6) is 0 Å². The molecule has 0 aliphatic heterocycles. The van der Waals surface area contributed by atoms with Gasteiger partial charge in [0.05, 0.1) is 0 Å². The average molecular weight is 248 g/mol. The van der Waals surface area contributed by atoms with Gasteiger partial charge in [0.1, 0.15) is 19.2 Å². The molecule has 0 atom stereocenters. The number of anilines is 1. The van der Waals surface area contributed by atoms with Gasteiger partial charge in [-0.3, -0.25) is 4.79 Å². The molecule has 0 fully saturated rings. The summed E-state index contributed by atoms with van der Waals surface area (Å²) in [4.78, 5) is 16.6. The number of thioether (sulfide) groups is 1. The third kappa shape index (κ3) is 3.32. The summed E-state index contributed by atoms with van der Waals surface area (Å²) in [5, 5.41) is 6.66. The molecule has 6 heteroatoms. The van der Waals surface area contributed by atoms with Crippen molar-refractivity contribution in [1.29, 1.82) is 0 Å². The van der Waals surface area contributed by atoms with Crippen molar-refractivity contribution in [2.45, 2.75) is 11.4 Å². The number of aromatic nitrogens is 3. The highest BCUT2D eigenvalue weighted by atomic mass is 32.2. The van der Waals surface area contributed by atoms with Crippen LogP contribution < -0.4 is 5.32 Å². The molecular weight excluding hydrogens is 236 g/mol. The second-order valence-corrected chi connectivity index (χ2v) is 4.25. The number of hydrogen-bond acceptors (Lipinski definition) is 4. The van der Waals surface area contributed by atoms with Crippen LogP contribution in [0, 0.1) is 0 Å².